The molecule has 0 aromatic heterocycles. The van der Waals surface area contributed by atoms with Crippen LogP contribution in [-0.4, -0.2) is 128 Å². The highest BCUT2D eigenvalue weighted by atomic mass is 16.7. The summed E-state index contributed by atoms with van der Waals surface area (Å²) in [5.74, 6) is 0. The Morgan fingerprint density at radius 2 is 1.28 bits per heavy atom. The first-order valence-corrected chi connectivity index (χ1v) is 9.52. The van der Waals surface area contributed by atoms with Gasteiger partial charge in [0.05, 0.1) is 25.4 Å². The van der Waals surface area contributed by atoms with Crippen LogP contribution >= 0.6 is 0 Å². The lowest BCUT2D eigenvalue weighted by Crippen LogP contribution is -2.62. The minimum Gasteiger partial charge on any atom is -0.394 e. The van der Waals surface area contributed by atoms with E-state index in [1.54, 1.807) is 13.8 Å². The molecular weight excluding hydrogens is 396 g/mol. The Morgan fingerprint density at radius 1 is 0.759 bits per heavy atom. The zero-order valence-electron chi connectivity index (χ0n) is 16.3. The SMILES string of the molecule is C[C@H](O)C[C@@H](C)O[C@@H]1O[C@H](CO[C@@H]2O[C@H](CO)[C@@H](O)[C@H](O)[C@H]2O)[C@@H](O)[C@H](O)[C@H]1O. The highest BCUT2D eigenvalue weighted by molar-refractivity contribution is 4.91. The molecule has 0 saturated carbocycles. The van der Waals surface area contributed by atoms with Crippen LogP contribution in [-0.2, 0) is 18.9 Å². The van der Waals surface area contributed by atoms with Gasteiger partial charge in [0.15, 0.2) is 12.6 Å². The lowest BCUT2D eigenvalue weighted by Gasteiger charge is -2.43. The van der Waals surface area contributed by atoms with Gasteiger partial charge in [0.2, 0.25) is 0 Å². The Morgan fingerprint density at radius 3 is 1.83 bits per heavy atom. The van der Waals surface area contributed by atoms with Crippen molar-refractivity contribution in [3.05, 3.63) is 0 Å². The minimum atomic E-state index is -1.64. The first kappa shape index (κ1) is 24.8. The molecule has 2 heterocycles. The van der Waals surface area contributed by atoms with Gasteiger partial charge in [0.25, 0.3) is 0 Å². The summed E-state index contributed by atoms with van der Waals surface area (Å²) in [4.78, 5) is 0. The molecule has 0 radical (unpaired) electrons. The van der Waals surface area contributed by atoms with Crippen molar-refractivity contribution < 1.29 is 59.8 Å². The van der Waals surface area contributed by atoms with Gasteiger partial charge >= 0.3 is 0 Å². The topological polar surface area (TPSA) is 199 Å². The molecule has 2 rings (SSSR count). The Kier molecular flexibility index (Phi) is 9.15. The molecule has 2 aliphatic heterocycles. The number of aliphatic hydroxyl groups is 8. The molecule has 2 fully saturated rings. The first-order chi connectivity index (χ1) is 13.6. The van der Waals surface area contributed by atoms with Crippen molar-refractivity contribution in [2.75, 3.05) is 13.2 Å². The number of hydrogen-bond donors (Lipinski definition) is 8. The normalized spacial score (nSPS) is 45.7. The quantitative estimate of drug-likeness (QED) is 0.186. The van der Waals surface area contributed by atoms with Crippen molar-refractivity contribution in [3.8, 4) is 0 Å². The van der Waals surface area contributed by atoms with Crippen LogP contribution in [0.3, 0.4) is 0 Å². The van der Waals surface area contributed by atoms with Gasteiger partial charge in [-0.2, -0.15) is 0 Å². The molecule has 29 heavy (non-hydrogen) atoms. The van der Waals surface area contributed by atoms with E-state index in [0.717, 1.165) is 0 Å². The van der Waals surface area contributed by atoms with Crippen LogP contribution in [0, 0.1) is 0 Å². The summed E-state index contributed by atoms with van der Waals surface area (Å²) in [7, 11) is 0. The number of rotatable bonds is 8. The summed E-state index contributed by atoms with van der Waals surface area (Å²) in [6.45, 7) is 2.14. The third-order valence-electron chi connectivity index (χ3n) is 4.98. The second-order valence-corrected chi connectivity index (χ2v) is 7.58. The second kappa shape index (κ2) is 10.7. The van der Waals surface area contributed by atoms with Crippen LogP contribution in [0.4, 0.5) is 0 Å². The van der Waals surface area contributed by atoms with Gasteiger partial charge in [-0.25, -0.2) is 0 Å². The van der Waals surface area contributed by atoms with Gasteiger partial charge in [0.1, 0.15) is 48.8 Å². The van der Waals surface area contributed by atoms with Crippen LogP contribution in [0.15, 0.2) is 0 Å². The molecule has 0 spiro atoms. The maximum absolute atomic E-state index is 10.1. The molecular formula is C17H32O12. The number of ether oxygens (including phenoxy) is 4. The summed E-state index contributed by atoms with van der Waals surface area (Å²) < 4.78 is 21.5. The molecule has 172 valence electrons. The van der Waals surface area contributed by atoms with Crippen LogP contribution in [0.1, 0.15) is 20.3 Å². The highest BCUT2D eigenvalue weighted by Gasteiger charge is 2.47. The average Bonchev–Trinajstić information content (AvgIpc) is 2.66. The minimum absolute atomic E-state index is 0.247. The molecule has 12 nitrogen and oxygen atoms in total. The highest BCUT2D eigenvalue weighted by Crippen LogP contribution is 2.26. The Labute approximate surface area is 167 Å². The van der Waals surface area contributed by atoms with E-state index in [9.17, 15) is 40.9 Å². The van der Waals surface area contributed by atoms with E-state index in [-0.39, 0.29) is 6.42 Å². The first-order valence-electron chi connectivity index (χ1n) is 9.52. The predicted octanol–water partition coefficient (Wildman–Crippen LogP) is -4.21. The van der Waals surface area contributed by atoms with E-state index in [1.807, 2.05) is 0 Å². The summed E-state index contributed by atoms with van der Waals surface area (Å²) >= 11 is 0. The van der Waals surface area contributed by atoms with Gasteiger partial charge < -0.3 is 59.8 Å². The van der Waals surface area contributed by atoms with Gasteiger partial charge in [0, 0.05) is 0 Å². The molecule has 0 aromatic rings. The maximum Gasteiger partial charge on any atom is 0.186 e. The standard InChI is InChI=1S/C17H32O12/c1-6(19)3-7(2)27-17-15(25)13(23)11(21)9(29-17)5-26-16-14(24)12(22)10(20)8(4-18)28-16/h6-25H,3-5H2,1-2H3/t6-,7+,8+,9+,10+,11+,12-,13-,14+,15+,16+,17+/m0/s1. The van der Waals surface area contributed by atoms with Crippen LogP contribution in [0.5, 0.6) is 0 Å². The van der Waals surface area contributed by atoms with E-state index in [0.29, 0.717) is 0 Å². The lowest BCUT2D eigenvalue weighted by molar-refractivity contribution is -0.335. The molecule has 2 aliphatic rings. The monoisotopic (exact) mass is 428 g/mol. The zero-order valence-corrected chi connectivity index (χ0v) is 16.3. The van der Waals surface area contributed by atoms with E-state index in [2.05, 4.69) is 0 Å². The average molecular weight is 428 g/mol. The van der Waals surface area contributed by atoms with Crippen molar-refractivity contribution >= 4 is 0 Å². The summed E-state index contributed by atoms with van der Waals surface area (Å²) in [5, 5.41) is 78.4. The molecule has 0 unspecified atom stereocenters. The van der Waals surface area contributed by atoms with E-state index >= 15 is 0 Å². The molecule has 0 bridgehead atoms. The molecule has 0 aromatic carbocycles. The summed E-state index contributed by atoms with van der Waals surface area (Å²) in [6.07, 6.45) is -15.6. The molecule has 8 N–H and O–H groups in total. The van der Waals surface area contributed by atoms with Gasteiger partial charge in [-0.3, -0.25) is 0 Å². The predicted molar refractivity (Wildman–Crippen MR) is 93.2 cm³/mol. The third kappa shape index (κ3) is 6.03. The largest absolute Gasteiger partial charge is 0.394 e. The lowest BCUT2D eigenvalue weighted by atomic mass is 9.98. The van der Waals surface area contributed by atoms with Gasteiger partial charge in [-0.05, 0) is 20.3 Å². The number of aliphatic hydroxyl groups excluding tert-OH is 8. The Balaban J connectivity index is 1.97. The number of hydrogen-bond acceptors (Lipinski definition) is 12. The molecule has 0 aliphatic carbocycles. The molecule has 0 amide bonds. The van der Waals surface area contributed by atoms with Crippen molar-refractivity contribution in [1.29, 1.82) is 0 Å². The van der Waals surface area contributed by atoms with E-state index < -0.39 is 86.8 Å². The zero-order chi connectivity index (χ0) is 21.9. The van der Waals surface area contributed by atoms with Gasteiger partial charge in [-0.15, -0.1) is 0 Å². The van der Waals surface area contributed by atoms with Crippen LogP contribution in [0.25, 0.3) is 0 Å². The van der Waals surface area contributed by atoms with Gasteiger partial charge in [-0.1, -0.05) is 0 Å². The fraction of sp³-hybridized carbons (Fsp3) is 1.00. The van der Waals surface area contributed by atoms with E-state index in [1.165, 1.54) is 0 Å². The molecule has 2 saturated heterocycles. The van der Waals surface area contributed by atoms with E-state index in [4.69, 9.17) is 18.9 Å². The Bertz CT molecular complexity index is 491. The van der Waals surface area contributed by atoms with Crippen LogP contribution < -0.4 is 0 Å². The molecule has 12 heteroatoms. The third-order valence-corrected chi connectivity index (χ3v) is 4.98. The fourth-order valence-electron chi connectivity index (χ4n) is 3.33. The van der Waals surface area contributed by atoms with Crippen molar-refractivity contribution in [1.82, 2.24) is 0 Å². The van der Waals surface area contributed by atoms with Crippen molar-refractivity contribution in [3.63, 3.8) is 0 Å². The Hall–Kier alpha value is -0.480. The second-order valence-electron chi connectivity index (χ2n) is 7.58. The van der Waals surface area contributed by atoms with Crippen LogP contribution in [0.2, 0.25) is 0 Å². The smallest absolute Gasteiger partial charge is 0.186 e. The van der Waals surface area contributed by atoms with Crippen molar-refractivity contribution in [2.24, 2.45) is 0 Å². The molecule has 12 atom stereocenters. The summed E-state index contributed by atoms with van der Waals surface area (Å²) in [6, 6.07) is 0. The fourth-order valence-corrected chi connectivity index (χ4v) is 3.33. The maximum atomic E-state index is 10.1. The summed E-state index contributed by atoms with van der Waals surface area (Å²) in [5.41, 5.74) is 0. The van der Waals surface area contributed by atoms with Crippen molar-refractivity contribution in [2.45, 2.75) is 93.9 Å².